The molecular weight excluding hydrogens is 190 g/mol. The third-order valence-electron chi connectivity index (χ3n) is 2.95. The van der Waals surface area contributed by atoms with Crippen LogP contribution < -0.4 is 4.90 Å². The zero-order chi connectivity index (χ0) is 11.5. The zero-order valence-corrected chi connectivity index (χ0v) is 9.86. The number of nitrogens with zero attached hydrogens (tertiary/aromatic N) is 3. The molecule has 0 aromatic carbocycles. The van der Waals surface area contributed by atoms with Crippen molar-refractivity contribution in [1.29, 1.82) is 0 Å². The number of aliphatic hydroxyl groups is 1. The topological polar surface area (TPSA) is 49.2 Å². The van der Waals surface area contributed by atoms with Crippen molar-refractivity contribution < 1.29 is 5.11 Å². The van der Waals surface area contributed by atoms with Crippen molar-refractivity contribution in [2.75, 3.05) is 11.9 Å². The first-order chi connectivity index (χ1) is 7.01. The van der Waals surface area contributed by atoms with Gasteiger partial charge < -0.3 is 10.0 Å². The van der Waals surface area contributed by atoms with E-state index in [9.17, 15) is 0 Å². The number of aliphatic hydroxyl groups excluding tert-OH is 1. The predicted octanol–water partition coefficient (Wildman–Crippen LogP) is 1.59. The number of hydrogen-bond donors (Lipinski definition) is 1. The molecule has 0 amide bonds. The third kappa shape index (κ3) is 2.65. The number of hydrogen-bond acceptors (Lipinski definition) is 4. The Labute approximate surface area is 91.0 Å². The number of anilines is 1. The Morgan fingerprint density at radius 3 is 2.27 bits per heavy atom. The summed E-state index contributed by atoms with van der Waals surface area (Å²) in [5, 5.41) is 8.88. The summed E-state index contributed by atoms with van der Waals surface area (Å²) < 4.78 is 0. The predicted molar refractivity (Wildman–Crippen MR) is 60.7 cm³/mol. The van der Waals surface area contributed by atoms with Crippen LogP contribution >= 0.6 is 0 Å². The quantitative estimate of drug-likeness (QED) is 0.818. The number of rotatable bonds is 4. The lowest BCUT2D eigenvalue weighted by atomic mass is 10.0. The molecule has 1 N–H and O–H groups in total. The zero-order valence-electron chi connectivity index (χ0n) is 9.86. The van der Waals surface area contributed by atoms with Gasteiger partial charge in [-0.1, -0.05) is 6.92 Å². The van der Waals surface area contributed by atoms with Crippen LogP contribution in [-0.2, 0) is 6.61 Å². The highest BCUT2D eigenvalue weighted by Crippen LogP contribution is 2.20. The second-order valence-corrected chi connectivity index (χ2v) is 4.27. The normalized spacial score (nSPS) is 11.5. The molecule has 0 aliphatic rings. The summed E-state index contributed by atoms with van der Waals surface area (Å²) in [6.45, 7) is 6.42. The van der Waals surface area contributed by atoms with Gasteiger partial charge in [-0.2, -0.15) is 0 Å². The number of aromatic nitrogens is 2. The molecule has 15 heavy (non-hydrogen) atoms. The van der Waals surface area contributed by atoms with Crippen LogP contribution in [0.15, 0.2) is 12.4 Å². The summed E-state index contributed by atoms with van der Waals surface area (Å²) in [5.74, 6) is 0.694. The highest BCUT2D eigenvalue weighted by Gasteiger charge is 2.23. The average Bonchev–Trinajstić information content (AvgIpc) is 2.28. The lowest BCUT2D eigenvalue weighted by Gasteiger charge is -2.34. The Balaban J connectivity index is 2.87. The summed E-state index contributed by atoms with van der Waals surface area (Å²) in [6.07, 6.45) is 4.34. The standard InChI is InChI=1S/C11H19N3O/c1-5-11(2,3)14(4)10-12-6-9(8-15)7-13-10/h6-7,15H,5,8H2,1-4H3. The SMILES string of the molecule is CCC(C)(C)N(C)c1ncc(CO)cn1. The summed E-state index contributed by atoms with van der Waals surface area (Å²) in [6, 6.07) is 0. The monoisotopic (exact) mass is 209 g/mol. The Hall–Kier alpha value is -1.16. The molecule has 0 atom stereocenters. The minimum Gasteiger partial charge on any atom is -0.392 e. The Morgan fingerprint density at radius 2 is 1.87 bits per heavy atom. The van der Waals surface area contributed by atoms with Gasteiger partial charge >= 0.3 is 0 Å². The highest BCUT2D eigenvalue weighted by atomic mass is 16.3. The van der Waals surface area contributed by atoms with Crippen molar-refractivity contribution >= 4 is 5.95 Å². The van der Waals surface area contributed by atoms with Gasteiger partial charge in [0.2, 0.25) is 5.95 Å². The van der Waals surface area contributed by atoms with Gasteiger partial charge in [0.15, 0.2) is 0 Å². The van der Waals surface area contributed by atoms with Gasteiger partial charge in [0.05, 0.1) is 6.61 Å². The van der Waals surface area contributed by atoms with E-state index < -0.39 is 0 Å². The fraction of sp³-hybridized carbons (Fsp3) is 0.636. The van der Waals surface area contributed by atoms with E-state index in [0.29, 0.717) is 5.95 Å². The first-order valence-corrected chi connectivity index (χ1v) is 5.17. The molecule has 0 radical (unpaired) electrons. The molecule has 0 saturated carbocycles. The molecule has 1 rings (SSSR count). The van der Waals surface area contributed by atoms with E-state index in [1.165, 1.54) is 0 Å². The minimum atomic E-state index is -0.0127. The fourth-order valence-corrected chi connectivity index (χ4v) is 1.11. The fourth-order valence-electron chi connectivity index (χ4n) is 1.11. The van der Waals surface area contributed by atoms with Crippen LogP contribution in [-0.4, -0.2) is 27.7 Å². The van der Waals surface area contributed by atoms with E-state index in [1.807, 2.05) is 11.9 Å². The minimum absolute atomic E-state index is 0.0127. The lowest BCUT2D eigenvalue weighted by Crippen LogP contribution is -2.41. The molecule has 4 heteroatoms. The molecule has 84 valence electrons. The summed E-state index contributed by atoms with van der Waals surface area (Å²) in [5.41, 5.74) is 0.780. The van der Waals surface area contributed by atoms with E-state index in [-0.39, 0.29) is 12.1 Å². The van der Waals surface area contributed by atoms with Gasteiger partial charge in [-0.05, 0) is 20.3 Å². The Morgan fingerprint density at radius 1 is 1.33 bits per heavy atom. The van der Waals surface area contributed by atoms with Crippen LogP contribution in [0.1, 0.15) is 32.8 Å². The molecule has 0 spiro atoms. The third-order valence-corrected chi connectivity index (χ3v) is 2.95. The van der Waals surface area contributed by atoms with E-state index in [0.717, 1.165) is 12.0 Å². The van der Waals surface area contributed by atoms with Gasteiger partial charge in [-0.3, -0.25) is 0 Å². The molecule has 0 bridgehead atoms. The molecule has 0 saturated heterocycles. The van der Waals surface area contributed by atoms with E-state index in [1.54, 1.807) is 12.4 Å². The van der Waals surface area contributed by atoms with Gasteiger partial charge in [0, 0.05) is 30.5 Å². The molecule has 4 nitrogen and oxygen atoms in total. The van der Waals surface area contributed by atoms with E-state index in [4.69, 9.17) is 5.11 Å². The first kappa shape index (κ1) is 11.9. The molecule has 1 aromatic heterocycles. The van der Waals surface area contributed by atoms with Crippen LogP contribution in [0.5, 0.6) is 0 Å². The van der Waals surface area contributed by atoms with Gasteiger partial charge in [-0.15, -0.1) is 0 Å². The van der Waals surface area contributed by atoms with Crippen LogP contribution in [0.4, 0.5) is 5.95 Å². The summed E-state index contributed by atoms with van der Waals surface area (Å²) >= 11 is 0. The molecular formula is C11H19N3O. The van der Waals surface area contributed by atoms with Gasteiger partial charge in [0.1, 0.15) is 0 Å². The van der Waals surface area contributed by atoms with Crippen molar-refractivity contribution in [2.24, 2.45) is 0 Å². The lowest BCUT2D eigenvalue weighted by molar-refractivity contribution is 0.281. The summed E-state index contributed by atoms with van der Waals surface area (Å²) in [4.78, 5) is 10.5. The van der Waals surface area contributed by atoms with Crippen molar-refractivity contribution in [3.63, 3.8) is 0 Å². The van der Waals surface area contributed by atoms with Crippen LogP contribution in [0, 0.1) is 0 Å². The van der Waals surface area contributed by atoms with Crippen molar-refractivity contribution in [1.82, 2.24) is 9.97 Å². The molecule has 1 heterocycles. The maximum atomic E-state index is 8.88. The van der Waals surface area contributed by atoms with Crippen molar-refractivity contribution in [3.8, 4) is 0 Å². The maximum Gasteiger partial charge on any atom is 0.225 e. The second-order valence-electron chi connectivity index (χ2n) is 4.27. The van der Waals surface area contributed by atoms with Crippen molar-refractivity contribution in [3.05, 3.63) is 18.0 Å². The van der Waals surface area contributed by atoms with Crippen LogP contribution in [0.2, 0.25) is 0 Å². The second kappa shape index (κ2) is 4.57. The maximum absolute atomic E-state index is 8.88. The summed E-state index contributed by atoms with van der Waals surface area (Å²) in [7, 11) is 1.98. The smallest absolute Gasteiger partial charge is 0.225 e. The van der Waals surface area contributed by atoms with Crippen molar-refractivity contribution in [2.45, 2.75) is 39.3 Å². The van der Waals surface area contributed by atoms with Crippen LogP contribution in [0.3, 0.4) is 0 Å². The Bertz CT molecular complexity index is 308. The average molecular weight is 209 g/mol. The van der Waals surface area contributed by atoms with E-state index in [2.05, 4.69) is 30.7 Å². The molecule has 0 aliphatic heterocycles. The van der Waals surface area contributed by atoms with E-state index >= 15 is 0 Å². The largest absolute Gasteiger partial charge is 0.392 e. The first-order valence-electron chi connectivity index (χ1n) is 5.17. The Kier molecular flexibility index (Phi) is 3.63. The molecule has 1 aromatic rings. The van der Waals surface area contributed by atoms with Gasteiger partial charge in [0.25, 0.3) is 0 Å². The molecule has 0 fully saturated rings. The molecule has 0 unspecified atom stereocenters. The van der Waals surface area contributed by atoms with Gasteiger partial charge in [-0.25, -0.2) is 9.97 Å². The highest BCUT2D eigenvalue weighted by molar-refractivity contribution is 5.32. The molecule has 0 aliphatic carbocycles. The van der Waals surface area contributed by atoms with Crippen LogP contribution in [0.25, 0.3) is 0 Å².